The summed E-state index contributed by atoms with van der Waals surface area (Å²) in [5.41, 5.74) is 1.02. The number of oxazole rings is 1. The smallest absolute Gasteiger partial charge is 0.361 e. The van der Waals surface area contributed by atoms with E-state index in [1.165, 1.54) is 0 Å². The minimum absolute atomic E-state index is 0.0212. The molecular formula is C17H19NO4. The Balaban J connectivity index is 1.73. The van der Waals surface area contributed by atoms with Gasteiger partial charge >= 0.3 is 5.97 Å². The molecule has 2 aromatic rings. The van der Waals surface area contributed by atoms with Crippen LogP contribution >= 0.6 is 0 Å². The summed E-state index contributed by atoms with van der Waals surface area (Å²) in [5, 5.41) is 0. The first kappa shape index (κ1) is 14.8. The van der Waals surface area contributed by atoms with Gasteiger partial charge in [-0.15, -0.1) is 0 Å². The molecule has 3 rings (SSSR count). The molecule has 0 spiro atoms. The Bertz CT molecular complexity index is 650. The standard InChI is InChI=1S/C17H19NO4/c1-11-8-9-14(21-11)10-20-17(19)15-16(22-12(2)18-15)13-6-4-3-5-7-13/h3-7,11,14H,8-10H2,1-2H3/t11-,14-/m1/s1. The van der Waals surface area contributed by atoms with Crippen LogP contribution in [0.3, 0.4) is 0 Å². The zero-order valence-corrected chi connectivity index (χ0v) is 12.7. The lowest BCUT2D eigenvalue weighted by Gasteiger charge is -2.11. The lowest BCUT2D eigenvalue weighted by atomic mass is 10.1. The highest BCUT2D eigenvalue weighted by atomic mass is 16.6. The van der Waals surface area contributed by atoms with Gasteiger partial charge in [0, 0.05) is 12.5 Å². The van der Waals surface area contributed by atoms with Crippen molar-refractivity contribution in [1.29, 1.82) is 0 Å². The molecule has 1 saturated heterocycles. The average Bonchev–Trinajstić information content (AvgIpc) is 3.11. The summed E-state index contributed by atoms with van der Waals surface area (Å²) in [7, 11) is 0. The van der Waals surface area contributed by atoms with E-state index in [9.17, 15) is 4.79 Å². The Morgan fingerprint density at radius 2 is 2.09 bits per heavy atom. The molecule has 0 amide bonds. The second-order valence-corrected chi connectivity index (χ2v) is 5.52. The van der Waals surface area contributed by atoms with Crippen LogP contribution in [-0.4, -0.2) is 29.8 Å². The summed E-state index contributed by atoms with van der Waals surface area (Å²) in [4.78, 5) is 16.5. The topological polar surface area (TPSA) is 61.6 Å². The Labute approximate surface area is 129 Å². The lowest BCUT2D eigenvalue weighted by molar-refractivity contribution is -0.00294. The van der Waals surface area contributed by atoms with Crippen molar-refractivity contribution >= 4 is 5.97 Å². The van der Waals surface area contributed by atoms with Gasteiger partial charge in [0.05, 0.1) is 12.2 Å². The molecule has 1 aliphatic heterocycles. The molecule has 0 N–H and O–H groups in total. The van der Waals surface area contributed by atoms with E-state index in [4.69, 9.17) is 13.9 Å². The molecule has 1 aliphatic rings. The Morgan fingerprint density at radius 1 is 1.32 bits per heavy atom. The molecule has 5 nitrogen and oxygen atoms in total. The van der Waals surface area contributed by atoms with E-state index < -0.39 is 5.97 Å². The van der Waals surface area contributed by atoms with Crippen LogP contribution in [0, 0.1) is 6.92 Å². The molecule has 1 aromatic heterocycles. The fourth-order valence-electron chi connectivity index (χ4n) is 2.60. The number of hydrogen-bond acceptors (Lipinski definition) is 5. The second-order valence-electron chi connectivity index (χ2n) is 5.52. The number of benzene rings is 1. The normalized spacial score (nSPS) is 21.0. The number of rotatable bonds is 4. The molecule has 0 bridgehead atoms. The third-order valence-corrected chi connectivity index (χ3v) is 3.68. The van der Waals surface area contributed by atoms with Gasteiger partial charge in [0.1, 0.15) is 6.61 Å². The van der Waals surface area contributed by atoms with Crippen molar-refractivity contribution in [3.63, 3.8) is 0 Å². The van der Waals surface area contributed by atoms with E-state index in [0.717, 1.165) is 18.4 Å². The van der Waals surface area contributed by atoms with Crippen LogP contribution in [0.5, 0.6) is 0 Å². The summed E-state index contributed by atoms with van der Waals surface area (Å²) >= 11 is 0. The van der Waals surface area contributed by atoms with Crippen molar-refractivity contribution in [3.8, 4) is 11.3 Å². The van der Waals surface area contributed by atoms with Gasteiger partial charge in [-0.1, -0.05) is 30.3 Å². The number of aryl methyl sites for hydroxylation is 1. The summed E-state index contributed by atoms with van der Waals surface area (Å²) in [6, 6.07) is 9.42. The molecule has 116 valence electrons. The first-order valence-corrected chi connectivity index (χ1v) is 7.49. The monoisotopic (exact) mass is 301 g/mol. The predicted octanol–water partition coefficient (Wildman–Crippen LogP) is 3.37. The summed E-state index contributed by atoms with van der Waals surface area (Å²) in [6.45, 7) is 3.99. The van der Waals surface area contributed by atoms with Crippen LogP contribution in [0.1, 0.15) is 36.1 Å². The highest BCUT2D eigenvalue weighted by Crippen LogP contribution is 2.26. The van der Waals surface area contributed by atoms with Crippen molar-refractivity contribution < 1.29 is 18.7 Å². The maximum atomic E-state index is 12.3. The van der Waals surface area contributed by atoms with Crippen LogP contribution in [-0.2, 0) is 9.47 Å². The minimum atomic E-state index is -0.473. The van der Waals surface area contributed by atoms with E-state index >= 15 is 0 Å². The molecule has 1 aromatic carbocycles. The van der Waals surface area contributed by atoms with Gasteiger partial charge in [-0.25, -0.2) is 9.78 Å². The number of carbonyl (C=O) groups excluding carboxylic acids is 1. The third kappa shape index (κ3) is 3.20. The Hall–Kier alpha value is -2.14. The maximum absolute atomic E-state index is 12.3. The summed E-state index contributed by atoms with van der Waals surface area (Å²) in [6.07, 6.45) is 2.13. The Kier molecular flexibility index (Phi) is 4.24. The molecular weight excluding hydrogens is 282 g/mol. The van der Waals surface area contributed by atoms with Crippen molar-refractivity contribution in [2.75, 3.05) is 6.61 Å². The fraction of sp³-hybridized carbons (Fsp3) is 0.412. The molecule has 0 saturated carbocycles. The van der Waals surface area contributed by atoms with Crippen molar-refractivity contribution in [2.24, 2.45) is 0 Å². The van der Waals surface area contributed by atoms with Gasteiger partial charge in [0.25, 0.3) is 0 Å². The molecule has 2 atom stereocenters. The summed E-state index contributed by atoms with van der Waals surface area (Å²) < 4.78 is 16.6. The number of hydrogen-bond donors (Lipinski definition) is 0. The number of carbonyl (C=O) groups is 1. The van der Waals surface area contributed by atoms with Crippen LogP contribution in [0.15, 0.2) is 34.7 Å². The molecule has 0 radical (unpaired) electrons. The third-order valence-electron chi connectivity index (χ3n) is 3.68. The van der Waals surface area contributed by atoms with Crippen molar-refractivity contribution in [3.05, 3.63) is 41.9 Å². The minimum Gasteiger partial charge on any atom is -0.458 e. The zero-order valence-electron chi connectivity index (χ0n) is 12.7. The lowest BCUT2D eigenvalue weighted by Crippen LogP contribution is -2.19. The quantitative estimate of drug-likeness (QED) is 0.810. The van der Waals surface area contributed by atoms with E-state index in [0.29, 0.717) is 11.7 Å². The zero-order chi connectivity index (χ0) is 15.5. The number of nitrogens with zero attached hydrogens (tertiary/aromatic N) is 1. The number of aromatic nitrogens is 1. The second kappa shape index (κ2) is 6.32. The molecule has 5 heteroatoms. The van der Waals surface area contributed by atoms with E-state index in [1.807, 2.05) is 37.3 Å². The SMILES string of the molecule is Cc1nc(C(=O)OC[C@H]2CC[C@@H](C)O2)c(-c2ccccc2)o1. The first-order chi connectivity index (χ1) is 10.6. The highest BCUT2D eigenvalue weighted by Gasteiger charge is 2.26. The van der Waals surface area contributed by atoms with Crippen molar-refractivity contribution in [2.45, 2.75) is 38.9 Å². The van der Waals surface area contributed by atoms with E-state index in [-0.39, 0.29) is 24.5 Å². The Morgan fingerprint density at radius 3 is 2.77 bits per heavy atom. The maximum Gasteiger partial charge on any atom is 0.361 e. The van der Waals surface area contributed by atoms with Gasteiger partial charge in [-0.3, -0.25) is 0 Å². The number of ether oxygens (including phenoxy) is 2. The van der Waals surface area contributed by atoms with Crippen LogP contribution in [0.4, 0.5) is 0 Å². The van der Waals surface area contributed by atoms with Crippen LogP contribution in [0.25, 0.3) is 11.3 Å². The van der Waals surface area contributed by atoms with Crippen LogP contribution in [0.2, 0.25) is 0 Å². The van der Waals surface area contributed by atoms with Gasteiger partial charge in [-0.2, -0.15) is 0 Å². The van der Waals surface area contributed by atoms with Gasteiger partial charge in [-0.05, 0) is 19.8 Å². The van der Waals surface area contributed by atoms with E-state index in [2.05, 4.69) is 4.98 Å². The molecule has 2 heterocycles. The first-order valence-electron chi connectivity index (χ1n) is 7.49. The number of esters is 1. The van der Waals surface area contributed by atoms with E-state index in [1.54, 1.807) is 6.92 Å². The molecule has 1 fully saturated rings. The summed E-state index contributed by atoms with van der Waals surface area (Å²) in [5.74, 6) is 0.416. The molecule has 0 aliphatic carbocycles. The largest absolute Gasteiger partial charge is 0.458 e. The molecule has 0 unspecified atom stereocenters. The average molecular weight is 301 g/mol. The van der Waals surface area contributed by atoms with Crippen molar-refractivity contribution in [1.82, 2.24) is 4.98 Å². The van der Waals surface area contributed by atoms with Gasteiger partial charge < -0.3 is 13.9 Å². The highest BCUT2D eigenvalue weighted by molar-refractivity contribution is 5.93. The van der Waals surface area contributed by atoms with Gasteiger partial charge in [0.15, 0.2) is 17.3 Å². The fourth-order valence-corrected chi connectivity index (χ4v) is 2.60. The predicted molar refractivity (Wildman–Crippen MR) is 80.5 cm³/mol. The molecule has 22 heavy (non-hydrogen) atoms. The van der Waals surface area contributed by atoms with Crippen LogP contribution < -0.4 is 0 Å². The van der Waals surface area contributed by atoms with Gasteiger partial charge in [0.2, 0.25) is 0 Å².